The molecule has 0 spiro atoms. The van der Waals surface area contributed by atoms with E-state index in [4.69, 9.17) is 14.3 Å². The maximum absolute atomic E-state index is 9.64. The van der Waals surface area contributed by atoms with Crippen LogP contribution < -0.4 is 0 Å². The minimum Gasteiger partial charge on any atom is -0.387 e. The van der Waals surface area contributed by atoms with Gasteiger partial charge in [-0.2, -0.15) is 9.59 Å². The monoisotopic (exact) mass is 218 g/mol. The van der Waals surface area contributed by atoms with E-state index in [2.05, 4.69) is 0 Å². The number of carbonyl (C=O) groups excluding carboxylic acids is 2. The zero-order valence-corrected chi connectivity index (χ0v) is 9.27. The van der Waals surface area contributed by atoms with Gasteiger partial charge in [0.2, 0.25) is 0 Å². The van der Waals surface area contributed by atoms with E-state index in [0.717, 1.165) is 12.8 Å². The second kappa shape index (κ2) is 5.98. The van der Waals surface area contributed by atoms with E-state index < -0.39 is 12.4 Å². The molecule has 88 valence electrons. The molecular formula is C10H18O5. The van der Waals surface area contributed by atoms with Gasteiger partial charge in [-0.3, -0.25) is 0 Å². The highest BCUT2D eigenvalue weighted by molar-refractivity contribution is 5.20. The maximum atomic E-state index is 9.64. The quantitative estimate of drug-likeness (QED) is 0.696. The van der Waals surface area contributed by atoms with Gasteiger partial charge in [-0.25, -0.2) is 0 Å². The number of aliphatic hydroxyl groups excluding tert-OH is 2. The highest BCUT2D eigenvalue weighted by Gasteiger charge is 2.50. The lowest BCUT2D eigenvalue weighted by molar-refractivity contribution is -0.191. The average molecular weight is 218 g/mol. The first-order valence-corrected chi connectivity index (χ1v) is 4.98. The van der Waals surface area contributed by atoms with Gasteiger partial charge < -0.3 is 14.9 Å². The summed E-state index contributed by atoms with van der Waals surface area (Å²) < 4.78 is 5.23. The van der Waals surface area contributed by atoms with Crippen molar-refractivity contribution in [2.45, 2.75) is 52.1 Å². The Labute approximate surface area is 89.0 Å². The molecule has 0 aromatic carbocycles. The molecule has 0 aliphatic carbocycles. The van der Waals surface area contributed by atoms with Crippen molar-refractivity contribution in [2.75, 3.05) is 0 Å². The number of aliphatic hydroxyl groups is 2. The highest BCUT2D eigenvalue weighted by Crippen LogP contribution is 2.41. The first kappa shape index (κ1) is 14.3. The SMILES string of the molecule is CCC1OC(O)[C@H](O)[C@@]1(C)CC.O=C=O. The van der Waals surface area contributed by atoms with Crippen LogP contribution in [0.25, 0.3) is 0 Å². The van der Waals surface area contributed by atoms with Crippen molar-refractivity contribution in [3.05, 3.63) is 0 Å². The van der Waals surface area contributed by atoms with Gasteiger partial charge in [0.25, 0.3) is 0 Å². The molecule has 1 rings (SSSR count). The fraction of sp³-hybridized carbons (Fsp3) is 0.900. The third-order valence-corrected chi connectivity index (χ3v) is 3.12. The smallest absolute Gasteiger partial charge is 0.373 e. The lowest BCUT2D eigenvalue weighted by Crippen LogP contribution is -2.37. The van der Waals surface area contributed by atoms with Crippen LogP contribution in [0, 0.1) is 5.41 Å². The summed E-state index contributed by atoms with van der Waals surface area (Å²) in [5.74, 6) is 0. The summed E-state index contributed by atoms with van der Waals surface area (Å²) in [6.45, 7) is 5.97. The Balaban J connectivity index is 0.000000583. The summed E-state index contributed by atoms with van der Waals surface area (Å²) >= 11 is 0. The summed E-state index contributed by atoms with van der Waals surface area (Å²) in [5, 5.41) is 18.9. The highest BCUT2D eigenvalue weighted by atomic mass is 16.6. The van der Waals surface area contributed by atoms with E-state index in [1.807, 2.05) is 20.8 Å². The van der Waals surface area contributed by atoms with Crippen LogP contribution in [0.2, 0.25) is 0 Å². The molecule has 1 fully saturated rings. The molecule has 1 aliphatic rings. The van der Waals surface area contributed by atoms with Crippen molar-refractivity contribution < 1.29 is 24.5 Å². The Bertz CT molecular complexity index is 224. The molecule has 1 aliphatic heterocycles. The average Bonchev–Trinajstić information content (AvgIpc) is 2.44. The Morgan fingerprint density at radius 3 is 2.07 bits per heavy atom. The van der Waals surface area contributed by atoms with Gasteiger partial charge in [0.15, 0.2) is 6.29 Å². The van der Waals surface area contributed by atoms with Gasteiger partial charge in [-0.15, -0.1) is 0 Å². The molecule has 0 radical (unpaired) electrons. The molecule has 5 heteroatoms. The van der Waals surface area contributed by atoms with E-state index in [1.165, 1.54) is 0 Å². The maximum Gasteiger partial charge on any atom is 0.373 e. The third-order valence-electron chi connectivity index (χ3n) is 3.12. The zero-order valence-electron chi connectivity index (χ0n) is 9.27. The Hall–Kier alpha value is -0.740. The standard InChI is InChI=1S/C9H18O3.CO2/c1-4-6-9(3,5-2)7(10)8(11)12-6;2-1-3/h6-8,10-11H,4-5H2,1-3H3;/t6?,7-,8?,9-;/m0./s1. The van der Waals surface area contributed by atoms with Gasteiger partial charge in [0, 0.05) is 5.41 Å². The molecule has 2 N–H and O–H groups in total. The molecule has 5 nitrogen and oxygen atoms in total. The summed E-state index contributed by atoms with van der Waals surface area (Å²) in [4.78, 5) is 16.2. The van der Waals surface area contributed by atoms with Gasteiger partial charge in [0.1, 0.15) is 6.10 Å². The molecular weight excluding hydrogens is 200 g/mol. The Kier molecular flexibility index (Phi) is 5.68. The van der Waals surface area contributed by atoms with Gasteiger partial charge in [0.05, 0.1) is 6.10 Å². The molecule has 0 aromatic rings. The molecule has 2 unspecified atom stereocenters. The number of hydrogen-bond acceptors (Lipinski definition) is 5. The topological polar surface area (TPSA) is 83.8 Å². The van der Waals surface area contributed by atoms with Crippen LogP contribution in [0.1, 0.15) is 33.6 Å². The summed E-state index contributed by atoms with van der Waals surface area (Å²) in [6, 6.07) is 0. The number of hydrogen-bond donors (Lipinski definition) is 2. The van der Waals surface area contributed by atoms with E-state index >= 15 is 0 Å². The van der Waals surface area contributed by atoms with Crippen molar-refractivity contribution in [1.82, 2.24) is 0 Å². The minimum atomic E-state index is -1.00. The molecule has 1 saturated heterocycles. The first-order chi connectivity index (χ1) is 6.97. The van der Waals surface area contributed by atoms with Crippen LogP contribution in [-0.2, 0) is 14.3 Å². The van der Waals surface area contributed by atoms with Crippen LogP contribution in [0.15, 0.2) is 0 Å². The largest absolute Gasteiger partial charge is 0.387 e. The third kappa shape index (κ3) is 2.86. The molecule has 1 heterocycles. The Morgan fingerprint density at radius 2 is 1.80 bits per heavy atom. The lowest BCUT2D eigenvalue weighted by Gasteiger charge is -2.30. The van der Waals surface area contributed by atoms with Crippen molar-refractivity contribution in [1.29, 1.82) is 0 Å². The molecule has 4 atom stereocenters. The normalized spacial score (nSPS) is 39.1. The first-order valence-electron chi connectivity index (χ1n) is 4.98. The fourth-order valence-corrected chi connectivity index (χ4v) is 1.91. The van der Waals surface area contributed by atoms with Crippen LogP contribution in [0.5, 0.6) is 0 Å². The van der Waals surface area contributed by atoms with Crippen LogP contribution in [0.3, 0.4) is 0 Å². The van der Waals surface area contributed by atoms with Crippen LogP contribution in [0.4, 0.5) is 0 Å². The summed E-state index contributed by atoms with van der Waals surface area (Å²) in [7, 11) is 0. The van der Waals surface area contributed by atoms with Crippen molar-refractivity contribution in [3.8, 4) is 0 Å². The van der Waals surface area contributed by atoms with Crippen molar-refractivity contribution >= 4 is 6.15 Å². The van der Waals surface area contributed by atoms with Crippen molar-refractivity contribution in [2.24, 2.45) is 5.41 Å². The van der Waals surface area contributed by atoms with E-state index in [9.17, 15) is 10.2 Å². The molecule has 15 heavy (non-hydrogen) atoms. The summed E-state index contributed by atoms with van der Waals surface area (Å²) in [5.41, 5.74) is -0.284. The second-order valence-corrected chi connectivity index (χ2v) is 3.81. The van der Waals surface area contributed by atoms with E-state index in [0.29, 0.717) is 0 Å². The van der Waals surface area contributed by atoms with Crippen molar-refractivity contribution in [3.63, 3.8) is 0 Å². The van der Waals surface area contributed by atoms with Gasteiger partial charge >= 0.3 is 6.15 Å². The Morgan fingerprint density at radius 1 is 1.33 bits per heavy atom. The minimum absolute atomic E-state index is 0.0208. The predicted octanol–water partition coefficient (Wildman–Crippen LogP) is 0.307. The molecule has 0 saturated carbocycles. The van der Waals surface area contributed by atoms with Gasteiger partial charge in [-0.1, -0.05) is 20.8 Å². The summed E-state index contributed by atoms with van der Waals surface area (Å²) in [6.07, 6.45) is 0.141. The van der Waals surface area contributed by atoms with E-state index in [-0.39, 0.29) is 17.7 Å². The molecule has 0 bridgehead atoms. The molecule has 0 aromatic heterocycles. The zero-order chi connectivity index (χ0) is 12.1. The van der Waals surface area contributed by atoms with Crippen LogP contribution in [-0.4, -0.2) is 34.9 Å². The predicted molar refractivity (Wildman–Crippen MR) is 50.6 cm³/mol. The van der Waals surface area contributed by atoms with Gasteiger partial charge in [-0.05, 0) is 12.8 Å². The second-order valence-electron chi connectivity index (χ2n) is 3.81. The number of rotatable bonds is 2. The number of ether oxygens (including phenoxy) is 1. The fourth-order valence-electron chi connectivity index (χ4n) is 1.91. The lowest BCUT2D eigenvalue weighted by atomic mass is 9.77. The molecule has 0 amide bonds. The van der Waals surface area contributed by atoms with E-state index in [1.54, 1.807) is 0 Å². The van der Waals surface area contributed by atoms with Crippen LogP contribution >= 0.6 is 0 Å².